The topological polar surface area (TPSA) is 58.9 Å². The van der Waals surface area contributed by atoms with E-state index in [1.807, 2.05) is 0 Å². The summed E-state index contributed by atoms with van der Waals surface area (Å²) >= 11 is 0. The van der Waals surface area contributed by atoms with Crippen molar-refractivity contribution in [2.75, 3.05) is 6.61 Å². The Kier molecular flexibility index (Phi) is 5.15. The summed E-state index contributed by atoms with van der Waals surface area (Å²) < 4.78 is 59.8. The molecule has 0 aromatic heterocycles. The molecule has 2 unspecified atom stereocenters. The van der Waals surface area contributed by atoms with Crippen LogP contribution in [0.15, 0.2) is 39.6 Å². The standard InChI is InChI=1S/C16H17F4NO3/c1-3-24-15(23)10(7-21-8-4-5-8)13(22)9-6-16(2,20)14(19)12(18)11(9)17/h6-8,14,22H,3-5H2,1-2H3. The quantitative estimate of drug-likeness (QED) is 0.271. The molecule has 2 aliphatic carbocycles. The molecule has 0 aliphatic heterocycles. The van der Waals surface area contributed by atoms with E-state index in [9.17, 15) is 27.5 Å². The highest BCUT2D eigenvalue weighted by Gasteiger charge is 2.44. The lowest BCUT2D eigenvalue weighted by atomic mass is 9.90. The highest BCUT2D eigenvalue weighted by Crippen LogP contribution is 2.40. The molecule has 0 radical (unpaired) electrons. The molecule has 2 rings (SSSR count). The van der Waals surface area contributed by atoms with Crippen molar-refractivity contribution in [2.24, 2.45) is 4.99 Å². The molecular weight excluding hydrogens is 330 g/mol. The summed E-state index contributed by atoms with van der Waals surface area (Å²) in [5, 5.41) is 10.2. The second-order valence-electron chi connectivity index (χ2n) is 5.73. The van der Waals surface area contributed by atoms with Crippen molar-refractivity contribution in [3.8, 4) is 0 Å². The lowest BCUT2D eigenvalue weighted by Crippen LogP contribution is -2.34. The van der Waals surface area contributed by atoms with E-state index in [0.29, 0.717) is 13.0 Å². The molecule has 1 saturated carbocycles. The van der Waals surface area contributed by atoms with Crippen molar-refractivity contribution < 1.29 is 32.2 Å². The van der Waals surface area contributed by atoms with Crippen molar-refractivity contribution in [1.82, 2.24) is 0 Å². The van der Waals surface area contributed by atoms with Crippen LogP contribution in [-0.2, 0) is 9.53 Å². The number of carbonyl (C=O) groups is 1. The average molecular weight is 347 g/mol. The molecule has 0 aromatic rings. The van der Waals surface area contributed by atoms with Crippen molar-refractivity contribution in [2.45, 2.75) is 44.6 Å². The van der Waals surface area contributed by atoms with Crippen LogP contribution in [0.2, 0.25) is 0 Å². The van der Waals surface area contributed by atoms with Gasteiger partial charge in [0.2, 0.25) is 0 Å². The normalized spacial score (nSPS) is 28.8. The number of allylic oxidation sites excluding steroid dienone is 3. The zero-order chi connectivity index (χ0) is 18.1. The Balaban J connectivity index is 2.50. The third kappa shape index (κ3) is 3.68. The second kappa shape index (κ2) is 6.78. The van der Waals surface area contributed by atoms with Crippen LogP contribution in [0, 0.1) is 0 Å². The number of ether oxygens (including phenoxy) is 1. The third-order valence-corrected chi connectivity index (χ3v) is 3.56. The molecule has 0 amide bonds. The van der Waals surface area contributed by atoms with Gasteiger partial charge in [0.15, 0.2) is 23.5 Å². The zero-order valence-electron chi connectivity index (χ0n) is 13.2. The van der Waals surface area contributed by atoms with Gasteiger partial charge in [0.25, 0.3) is 0 Å². The predicted molar refractivity (Wildman–Crippen MR) is 79.5 cm³/mol. The second-order valence-corrected chi connectivity index (χ2v) is 5.73. The summed E-state index contributed by atoms with van der Waals surface area (Å²) in [4.78, 5) is 15.9. The number of aliphatic hydroxyl groups excluding tert-OH is 1. The molecule has 0 aromatic carbocycles. The Bertz CT molecular complexity index is 660. The summed E-state index contributed by atoms with van der Waals surface area (Å²) in [5.74, 6) is -5.83. The van der Waals surface area contributed by atoms with E-state index in [0.717, 1.165) is 19.1 Å². The van der Waals surface area contributed by atoms with Crippen LogP contribution in [0.4, 0.5) is 17.6 Å². The van der Waals surface area contributed by atoms with Gasteiger partial charge in [-0.2, -0.15) is 0 Å². The molecule has 132 valence electrons. The van der Waals surface area contributed by atoms with Gasteiger partial charge in [-0.1, -0.05) is 0 Å². The van der Waals surface area contributed by atoms with Crippen LogP contribution in [-0.4, -0.2) is 41.8 Å². The van der Waals surface area contributed by atoms with E-state index < -0.39 is 46.4 Å². The van der Waals surface area contributed by atoms with Crippen LogP contribution >= 0.6 is 0 Å². The predicted octanol–water partition coefficient (Wildman–Crippen LogP) is 3.75. The first-order valence-corrected chi connectivity index (χ1v) is 7.44. The summed E-state index contributed by atoms with van der Waals surface area (Å²) in [6.45, 7) is 2.17. The van der Waals surface area contributed by atoms with E-state index in [1.54, 1.807) is 0 Å². The number of hydrogen-bond donors (Lipinski definition) is 1. The Labute approximate surface area is 136 Å². The number of nitrogens with zero attached hydrogens (tertiary/aromatic N) is 1. The molecule has 0 bridgehead atoms. The maximum atomic E-state index is 14.1. The van der Waals surface area contributed by atoms with Gasteiger partial charge >= 0.3 is 5.97 Å². The lowest BCUT2D eigenvalue weighted by molar-refractivity contribution is -0.138. The molecule has 24 heavy (non-hydrogen) atoms. The number of halogens is 4. The van der Waals surface area contributed by atoms with Crippen molar-refractivity contribution in [1.29, 1.82) is 0 Å². The van der Waals surface area contributed by atoms with Crippen LogP contribution in [0.5, 0.6) is 0 Å². The van der Waals surface area contributed by atoms with Crippen LogP contribution < -0.4 is 0 Å². The Morgan fingerprint density at radius 3 is 2.67 bits per heavy atom. The number of alkyl halides is 2. The van der Waals surface area contributed by atoms with Gasteiger partial charge in [0.1, 0.15) is 11.3 Å². The minimum Gasteiger partial charge on any atom is -0.506 e. The maximum absolute atomic E-state index is 14.1. The van der Waals surface area contributed by atoms with Crippen molar-refractivity contribution in [3.63, 3.8) is 0 Å². The number of carbonyl (C=O) groups excluding carboxylic acids is 1. The Morgan fingerprint density at radius 2 is 2.12 bits per heavy atom. The molecule has 1 fully saturated rings. The molecule has 0 spiro atoms. The summed E-state index contributed by atoms with van der Waals surface area (Å²) in [6.07, 6.45) is 0.139. The van der Waals surface area contributed by atoms with Gasteiger partial charge < -0.3 is 9.84 Å². The van der Waals surface area contributed by atoms with Gasteiger partial charge in [-0.25, -0.2) is 22.4 Å². The zero-order valence-corrected chi connectivity index (χ0v) is 13.2. The van der Waals surface area contributed by atoms with E-state index in [4.69, 9.17) is 4.74 Å². The molecule has 2 aliphatic rings. The van der Waals surface area contributed by atoms with E-state index in [1.165, 1.54) is 6.92 Å². The highest BCUT2D eigenvalue weighted by molar-refractivity contribution is 6.10. The monoisotopic (exact) mass is 347 g/mol. The molecule has 1 N–H and O–H groups in total. The number of rotatable bonds is 5. The van der Waals surface area contributed by atoms with Gasteiger partial charge in [0, 0.05) is 6.21 Å². The maximum Gasteiger partial charge on any atom is 0.343 e. The Hall–Kier alpha value is -2.12. The van der Waals surface area contributed by atoms with Crippen molar-refractivity contribution in [3.05, 3.63) is 34.6 Å². The molecule has 4 nitrogen and oxygen atoms in total. The molecule has 0 heterocycles. The first-order chi connectivity index (χ1) is 11.2. The van der Waals surface area contributed by atoms with Gasteiger partial charge in [0.05, 0.1) is 18.2 Å². The van der Waals surface area contributed by atoms with E-state index in [-0.39, 0.29) is 12.6 Å². The largest absolute Gasteiger partial charge is 0.506 e. The summed E-state index contributed by atoms with van der Waals surface area (Å²) in [5.41, 5.74) is -4.38. The fourth-order valence-corrected chi connectivity index (χ4v) is 2.05. The van der Waals surface area contributed by atoms with E-state index in [2.05, 4.69) is 4.99 Å². The minimum absolute atomic E-state index is 0.0265. The van der Waals surface area contributed by atoms with Gasteiger partial charge in [-0.15, -0.1) is 0 Å². The number of aliphatic imine (C=N–C) groups is 1. The first kappa shape index (κ1) is 18.2. The van der Waals surface area contributed by atoms with Gasteiger partial charge in [-0.3, -0.25) is 4.99 Å². The fraction of sp³-hybridized carbons (Fsp3) is 0.500. The highest BCUT2D eigenvalue weighted by atomic mass is 19.2. The van der Waals surface area contributed by atoms with Crippen LogP contribution in [0.25, 0.3) is 0 Å². The number of esters is 1. The lowest BCUT2D eigenvalue weighted by Gasteiger charge is -2.26. The van der Waals surface area contributed by atoms with Crippen molar-refractivity contribution >= 4 is 12.2 Å². The average Bonchev–Trinajstić information content (AvgIpc) is 3.33. The van der Waals surface area contributed by atoms with Gasteiger partial charge in [-0.05, 0) is 32.8 Å². The molecule has 0 saturated heterocycles. The first-order valence-electron chi connectivity index (χ1n) is 7.44. The molecule has 2 atom stereocenters. The summed E-state index contributed by atoms with van der Waals surface area (Å²) in [7, 11) is 0. The molecular formula is C16H17F4NO3. The third-order valence-electron chi connectivity index (χ3n) is 3.56. The SMILES string of the molecule is CCOC(=O)C(C=NC1CC1)=C(O)C1=CC(C)(F)C(F)C(F)=C1F. The number of aliphatic hydroxyl groups is 1. The smallest absolute Gasteiger partial charge is 0.343 e. The molecule has 8 heteroatoms. The van der Waals surface area contributed by atoms with E-state index >= 15 is 0 Å². The van der Waals surface area contributed by atoms with Crippen LogP contribution in [0.1, 0.15) is 26.7 Å². The Morgan fingerprint density at radius 1 is 1.50 bits per heavy atom. The fourth-order valence-electron chi connectivity index (χ4n) is 2.05. The minimum atomic E-state index is -2.88. The summed E-state index contributed by atoms with van der Waals surface area (Å²) in [6, 6.07) is -0.0265. The number of hydrogen-bond acceptors (Lipinski definition) is 4. The van der Waals surface area contributed by atoms with Crippen LogP contribution in [0.3, 0.4) is 0 Å².